The summed E-state index contributed by atoms with van der Waals surface area (Å²) in [6, 6.07) is 5.45. The van der Waals surface area contributed by atoms with Gasteiger partial charge >= 0.3 is 0 Å². The van der Waals surface area contributed by atoms with Crippen LogP contribution in [0.5, 0.6) is 0 Å². The molecular formula is C12H20N2O5S2. The molecule has 0 aliphatic rings. The summed E-state index contributed by atoms with van der Waals surface area (Å²) in [6.07, 6.45) is 0.276. The molecule has 0 aliphatic carbocycles. The fraction of sp³-hybridized carbons (Fsp3) is 0.500. The first-order valence-corrected chi connectivity index (χ1v) is 9.35. The summed E-state index contributed by atoms with van der Waals surface area (Å²) in [4.78, 5) is -0.547. The largest absolute Gasteiger partial charge is 0.396 e. The van der Waals surface area contributed by atoms with Gasteiger partial charge in [-0.15, -0.1) is 0 Å². The van der Waals surface area contributed by atoms with Gasteiger partial charge in [0.05, 0.1) is 0 Å². The zero-order chi connectivity index (χ0) is 16.1. The van der Waals surface area contributed by atoms with Crippen LogP contribution >= 0.6 is 0 Å². The van der Waals surface area contributed by atoms with Gasteiger partial charge in [0.1, 0.15) is 9.79 Å². The highest BCUT2D eigenvalue weighted by Crippen LogP contribution is 2.23. The molecule has 0 spiro atoms. The van der Waals surface area contributed by atoms with Crippen molar-refractivity contribution < 1.29 is 21.9 Å². The molecule has 0 atom stereocenters. The third-order valence-corrected chi connectivity index (χ3v) is 6.44. The van der Waals surface area contributed by atoms with Crippen LogP contribution in [0.1, 0.15) is 13.3 Å². The van der Waals surface area contributed by atoms with Crippen molar-refractivity contribution in [3.63, 3.8) is 0 Å². The average Bonchev–Trinajstić information content (AvgIpc) is 2.44. The smallest absolute Gasteiger partial charge is 0.244 e. The summed E-state index contributed by atoms with van der Waals surface area (Å²) < 4.78 is 52.4. The highest BCUT2D eigenvalue weighted by molar-refractivity contribution is 7.92. The van der Waals surface area contributed by atoms with Crippen molar-refractivity contribution in [2.75, 3.05) is 26.7 Å². The minimum Gasteiger partial charge on any atom is -0.396 e. The zero-order valence-corrected chi connectivity index (χ0v) is 13.6. The van der Waals surface area contributed by atoms with E-state index in [-0.39, 0.29) is 35.9 Å². The maximum absolute atomic E-state index is 12.5. The van der Waals surface area contributed by atoms with Crippen LogP contribution in [-0.2, 0) is 20.0 Å². The molecule has 0 saturated carbocycles. The number of nitrogens with one attached hydrogen (secondary N) is 1. The van der Waals surface area contributed by atoms with Crippen LogP contribution in [0.15, 0.2) is 34.1 Å². The Labute approximate surface area is 125 Å². The van der Waals surface area contributed by atoms with Gasteiger partial charge in [-0.1, -0.05) is 19.1 Å². The maximum Gasteiger partial charge on any atom is 0.244 e. The Balaban J connectivity index is 3.32. The summed E-state index contributed by atoms with van der Waals surface area (Å²) in [5.41, 5.74) is 0. The monoisotopic (exact) mass is 336 g/mol. The van der Waals surface area contributed by atoms with E-state index in [1.807, 2.05) is 0 Å². The molecule has 0 aliphatic heterocycles. The Kier molecular flexibility index (Phi) is 6.29. The first-order valence-electron chi connectivity index (χ1n) is 6.43. The van der Waals surface area contributed by atoms with Crippen LogP contribution in [-0.4, -0.2) is 53.0 Å². The van der Waals surface area contributed by atoms with Crippen LogP contribution in [0.4, 0.5) is 0 Å². The number of benzene rings is 1. The van der Waals surface area contributed by atoms with E-state index in [2.05, 4.69) is 4.72 Å². The molecule has 0 saturated heterocycles. The normalized spacial score (nSPS) is 12.8. The van der Waals surface area contributed by atoms with Crippen molar-refractivity contribution >= 4 is 20.0 Å². The molecule has 120 valence electrons. The minimum absolute atomic E-state index is 0.106. The maximum atomic E-state index is 12.5. The molecule has 0 radical (unpaired) electrons. The Morgan fingerprint density at radius 2 is 1.71 bits per heavy atom. The van der Waals surface area contributed by atoms with Gasteiger partial charge in [-0.2, -0.15) is 0 Å². The Morgan fingerprint density at radius 1 is 1.14 bits per heavy atom. The molecule has 0 amide bonds. The summed E-state index contributed by atoms with van der Waals surface area (Å²) in [5, 5.41) is 8.78. The van der Waals surface area contributed by atoms with Crippen molar-refractivity contribution in [2.24, 2.45) is 0 Å². The molecule has 0 bridgehead atoms. The van der Waals surface area contributed by atoms with E-state index in [1.54, 1.807) is 6.92 Å². The average molecular weight is 336 g/mol. The molecule has 2 N–H and O–H groups in total. The van der Waals surface area contributed by atoms with Gasteiger partial charge in [0.15, 0.2) is 0 Å². The van der Waals surface area contributed by atoms with Gasteiger partial charge in [0.2, 0.25) is 20.0 Å². The lowest BCUT2D eigenvalue weighted by Crippen LogP contribution is -2.31. The number of hydrogen-bond donors (Lipinski definition) is 2. The molecule has 7 nitrogen and oxygen atoms in total. The Hall–Kier alpha value is -1.00. The predicted octanol–water partition coefficient (Wildman–Crippen LogP) is -0.0123. The topological polar surface area (TPSA) is 104 Å². The second-order valence-corrected chi connectivity index (χ2v) is 8.10. The fourth-order valence-electron chi connectivity index (χ4n) is 1.73. The van der Waals surface area contributed by atoms with E-state index >= 15 is 0 Å². The Morgan fingerprint density at radius 3 is 2.24 bits per heavy atom. The highest BCUT2D eigenvalue weighted by atomic mass is 32.2. The summed E-state index contributed by atoms with van der Waals surface area (Å²) in [7, 11) is -6.47. The van der Waals surface area contributed by atoms with Crippen LogP contribution in [0.2, 0.25) is 0 Å². The second-order valence-electron chi connectivity index (χ2n) is 4.35. The van der Waals surface area contributed by atoms with Crippen molar-refractivity contribution in [1.82, 2.24) is 9.03 Å². The third kappa shape index (κ3) is 4.24. The van der Waals surface area contributed by atoms with E-state index in [0.717, 1.165) is 4.31 Å². The van der Waals surface area contributed by atoms with Crippen LogP contribution < -0.4 is 4.72 Å². The van der Waals surface area contributed by atoms with Crippen molar-refractivity contribution in [3.05, 3.63) is 24.3 Å². The van der Waals surface area contributed by atoms with Crippen LogP contribution in [0, 0.1) is 0 Å². The third-order valence-electron chi connectivity index (χ3n) is 2.79. The van der Waals surface area contributed by atoms with Crippen LogP contribution in [0.25, 0.3) is 0 Å². The van der Waals surface area contributed by atoms with Gasteiger partial charge in [-0.25, -0.2) is 25.9 Å². The van der Waals surface area contributed by atoms with E-state index in [9.17, 15) is 16.8 Å². The summed E-state index contributed by atoms with van der Waals surface area (Å²) >= 11 is 0. The zero-order valence-electron chi connectivity index (χ0n) is 12.0. The van der Waals surface area contributed by atoms with Gasteiger partial charge in [0.25, 0.3) is 0 Å². The lowest BCUT2D eigenvalue weighted by atomic mass is 10.4. The first kappa shape index (κ1) is 18.1. The number of hydrogen-bond acceptors (Lipinski definition) is 5. The summed E-state index contributed by atoms with van der Waals surface area (Å²) in [6.45, 7) is 1.74. The predicted molar refractivity (Wildman–Crippen MR) is 78.8 cm³/mol. The molecule has 21 heavy (non-hydrogen) atoms. The van der Waals surface area contributed by atoms with Gasteiger partial charge in [-0.05, 0) is 18.6 Å². The fourth-order valence-corrected chi connectivity index (χ4v) is 4.78. The molecule has 9 heteroatoms. The van der Waals surface area contributed by atoms with Gasteiger partial charge < -0.3 is 5.11 Å². The standard InChI is InChI=1S/C12H20N2O5S2/c1-3-13-20(16,17)11-7-4-5-8-12(11)21(18,19)14(2)9-6-10-15/h4-5,7-8,13,15H,3,6,9-10H2,1-2H3. The number of sulfonamides is 2. The lowest BCUT2D eigenvalue weighted by Gasteiger charge is -2.18. The van der Waals surface area contributed by atoms with Crippen molar-refractivity contribution in [1.29, 1.82) is 0 Å². The molecule has 0 aromatic heterocycles. The SMILES string of the molecule is CCNS(=O)(=O)c1ccccc1S(=O)(=O)N(C)CCCO. The number of aliphatic hydroxyl groups excluding tert-OH is 1. The molecule has 1 rings (SSSR count). The number of rotatable bonds is 8. The summed E-state index contributed by atoms with van der Waals surface area (Å²) in [5.74, 6) is 0. The Bertz CT molecular complexity index is 671. The molecule has 0 heterocycles. The number of aliphatic hydroxyl groups is 1. The lowest BCUT2D eigenvalue weighted by molar-refractivity contribution is 0.275. The van der Waals surface area contributed by atoms with E-state index in [1.165, 1.54) is 31.3 Å². The van der Waals surface area contributed by atoms with Crippen LogP contribution in [0.3, 0.4) is 0 Å². The first-order chi connectivity index (χ1) is 9.77. The van der Waals surface area contributed by atoms with Crippen molar-refractivity contribution in [3.8, 4) is 0 Å². The molecule has 0 unspecified atom stereocenters. The number of nitrogens with zero attached hydrogens (tertiary/aromatic N) is 1. The van der Waals surface area contributed by atoms with Crippen molar-refractivity contribution in [2.45, 2.75) is 23.1 Å². The molecule has 1 aromatic carbocycles. The van der Waals surface area contributed by atoms with Gasteiger partial charge in [-0.3, -0.25) is 0 Å². The molecule has 0 fully saturated rings. The van der Waals surface area contributed by atoms with E-state index < -0.39 is 20.0 Å². The second kappa shape index (κ2) is 7.32. The van der Waals surface area contributed by atoms with Gasteiger partial charge in [0, 0.05) is 26.7 Å². The molecule has 1 aromatic rings. The van der Waals surface area contributed by atoms with E-state index in [4.69, 9.17) is 5.11 Å². The van der Waals surface area contributed by atoms with E-state index in [0.29, 0.717) is 0 Å². The quantitative estimate of drug-likeness (QED) is 0.695. The minimum atomic E-state index is -3.94. The highest BCUT2D eigenvalue weighted by Gasteiger charge is 2.28. The molecular weight excluding hydrogens is 316 g/mol.